The molecule has 56 heavy (non-hydrogen) atoms. The van der Waals surface area contributed by atoms with E-state index in [9.17, 15) is 9.59 Å². The van der Waals surface area contributed by atoms with Crippen LogP contribution < -0.4 is 12.4 Å². The fraction of sp³-hybridized carbons (Fsp3) is 0.875. The van der Waals surface area contributed by atoms with E-state index >= 15 is 0 Å². The highest BCUT2D eigenvalue weighted by Crippen LogP contribution is 2.12. The molecule has 0 unspecified atom stereocenters. The molecule has 0 atom stereocenters. The average molecular weight is 815 g/mol. The van der Waals surface area contributed by atoms with Crippen LogP contribution in [0, 0.1) is 0 Å². The quantitative estimate of drug-likeness (QED) is 0.0264. The number of rotatable bonds is 44. The minimum absolute atomic E-state index is 0. The first-order valence-electron chi connectivity index (χ1n) is 23.5. The smallest absolute Gasteiger partial charge is 0.308 e. The molecule has 0 aliphatic rings. The molecule has 332 valence electrons. The Morgan fingerprint density at radius 1 is 0.393 bits per heavy atom. The Morgan fingerprint density at radius 2 is 0.679 bits per heavy atom. The largest absolute Gasteiger partial charge is 1.00 e. The Hall–Kier alpha value is -1.41. The molecular formula is C48H92ClNO6. The molecule has 8 heteroatoms. The number of esters is 2. The Balaban J connectivity index is 0. The molecule has 0 aromatic heterocycles. The Bertz CT molecular complexity index is 812. The number of hydrogen-bond acceptors (Lipinski definition) is 6. The van der Waals surface area contributed by atoms with Gasteiger partial charge in [-0.15, -0.1) is 0 Å². The fourth-order valence-corrected chi connectivity index (χ4v) is 6.49. The third-order valence-corrected chi connectivity index (χ3v) is 10.4. The predicted octanol–water partition coefficient (Wildman–Crippen LogP) is 10.0. The number of carbonyl (C=O) groups excluding carboxylic acids is 2. The van der Waals surface area contributed by atoms with Gasteiger partial charge >= 0.3 is 11.9 Å². The summed E-state index contributed by atoms with van der Waals surface area (Å²) < 4.78 is 22.8. The van der Waals surface area contributed by atoms with E-state index in [0.717, 1.165) is 12.8 Å². The lowest BCUT2D eigenvalue weighted by Gasteiger charge is -2.29. The number of nitrogens with zero attached hydrogens (tertiary/aromatic N) is 1. The lowest BCUT2D eigenvalue weighted by molar-refractivity contribution is -0.890. The van der Waals surface area contributed by atoms with E-state index in [1.165, 1.54) is 167 Å². The van der Waals surface area contributed by atoms with E-state index in [2.05, 4.69) is 52.2 Å². The van der Waals surface area contributed by atoms with Crippen LogP contribution in [0.5, 0.6) is 0 Å². The van der Waals surface area contributed by atoms with Crippen LogP contribution in [0.25, 0.3) is 0 Å². The number of halogens is 1. The van der Waals surface area contributed by atoms with Gasteiger partial charge in [-0.1, -0.05) is 154 Å². The number of ether oxygens (including phenoxy) is 4. The van der Waals surface area contributed by atoms with Gasteiger partial charge in [-0.25, -0.2) is 0 Å². The van der Waals surface area contributed by atoms with Gasteiger partial charge in [0, 0.05) is 13.2 Å². The molecule has 0 radical (unpaired) electrons. The second kappa shape index (κ2) is 46.3. The first kappa shape index (κ1) is 56.7. The van der Waals surface area contributed by atoms with Gasteiger partial charge in [0.1, 0.15) is 26.3 Å². The number of carbonyl (C=O) groups is 2. The van der Waals surface area contributed by atoms with Crippen molar-refractivity contribution in [3.63, 3.8) is 0 Å². The van der Waals surface area contributed by atoms with Crippen LogP contribution >= 0.6 is 0 Å². The van der Waals surface area contributed by atoms with Gasteiger partial charge in [0.15, 0.2) is 0 Å². The van der Waals surface area contributed by atoms with Gasteiger partial charge in [-0.2, -0.15) is 0 Å². The number of hydrogen-bond donors (Lipinski definition) is 0. The van der Waals surface area contributed by atoms with Crippen LogP contribution in [-0.2, 0) is 28.5 Å². The molecule has 7 nitrogen and oxygen atoms in total. The average Bonchev–Trinajstić information content (AvgIpc) is 3.16. The summed E-state index contributed by atoms with van der Waals surface area (Å²) in [6, 6.07) is 0. The third kappa shape index (κ3) is 47.0. The second-order valence-corrected chi connectivity index (χ2v) is 16.4. The number of allylic oxidation sites excluding steroid dienone is 4. The molecule has 0 saturated heterocycles. The van der Waals surface area contributed by atoms with E-state index < -0.39 is 0 Å². The van der Waals surface area contributed by atoms with Crippen molar-refractivity contribution in [2.75, 3.05) is 66.8 Å². The van der Waals surface area contributed by atoms with Crippen LogP contribution in [0.3, 0.4) is 0 Å². The van der Waals surface area contributed by atoms with E-state index in [1.54, 1.807) is 0 Å². The molecule has 0 bridgehead atoms. The summed E-state index contributed by atoms with van der Waals surface area (Å²) in [5.41, 5.74) is 0. The van der Waals surface area contributed by atoms with Crippen LogP contribution in [0.15, 0.2) is 24.3 Å². The summed E-state index contributed by atoms with van der Waals surface area (Å²) in [5.74, 6) is -0.436. The molecule has 0 aliphatic heterocycles. The van der Waals surface area contributed by atoms with Crippen molar-refractivity contribution >= 4 is 11.9 Å². The summed E-state index contributed by atoms with van der Waals surface area (Å²) in [5, 5.41) is 0. The molecule has 0 heterocycles. The highest BCUT2D eigenvalue weighted by atomic mass is 35.5. The standard InChI is InChI=1S/C48H92NO6.ClH/c1-5-7-9-11-13-15-17-19-21-23-25-27-29-31-33-35-41-52-43-37-47(50)54-45-39-49(3,4)40-46-55-48(51)38-44-53-42-36-34-32-30-28-26-24-22-20-18-16-14-12-10-8-6-2;/h19-22H,5-18,23-46H2,1-4H3;1H/q+1;/p-1/b21-19-,22-20-;. The van der Waals surface area contributed by atoms with E-state index in [-0.39, 0.29) is 37.2 Å². The van der Waals surface area contributed by atoms with E-state index in [1.807, 2.05) is 0 Å². The minimum Gasteiger partial charge on any atom is -1.00 e. The van der Waals surface area contributed by atoms with Crippen LogP contribution in [0.4, 0.5) is 0 Å². The van der Waals surface area contributed by atoms with Gasteiger partial charge in [0.25, 0.3) is 0 Å². The molecule has 0 N–H and O–H groups in total. The van der Waals surface area contributed by atoms with Gasteiger partial charge in [0.2, 0.25) is 0 Å². The zero-order valence-electron chi connectivity index (χ0n) is 37.5. The highest BCUT2D eigenvalue weighted by molar-refractivity contribution is 5.69. The molecular weight excluding hydrogens is 722 g/mol. The maximum Gasteiger partial charge on any atom is 0.308 e. The van der Waals surface area contributed by atoms with Gasteiger partial charge in [-0.05, 0) is 64.2 Å². The van der Waals surface area contributed by atoms with Crippen LogP contribution in [-0.4, -0.2) is 83.2 Å². The summed E-state index contributed by atoms with van der Waals surface area (Å²) >= 11 is 0. The van der Waals surface area contributed by atoms with Crippen molar-refractivity contribution in [3.05, 3.63) is 24.3 Å². The van der Waals surface area contributed by atoms with Crippen molar-refractivity contribution in [3.8, 4) is 0 Å². The second-order valence-electron chi connectivity index (χ2n) is 16.4. The summed E-state index contributed by atoms with van der Waals surface area (Å²) in [7, 11) is 4.11. The van der Waals surface area contributed by atoms with Crippen molar-refractivity contribution in [2.45, 2.75) is 206 Å². The third-order valence-electron chi connectivity index (χ3n) is 10.4. The first-order valence-corrected chi connectivity index (χ1v) is 23.5. The molecule has 0 aliphatic carbocycles. The molecule has 0 saturated carbocycles. The lowest BCUT2D eigenvalue weighted by atomic mass is 10.1. The van der Waals surface area contributed by atoms with Crippen molar-refractivity contribution in [1.82, 2.24) is 0 Å². The lowest BCUT2D eigenvalue weighted by Crippen LogP contribution is -3.00. The molecule has 0 rings (SSSR count). The van der Waals surface area contributed by atoms with E-state index in [0.29, 0.717) is 57.2 Å². The van der Waals surface area contributed by atoms with Gasteiger partial charge in [0.05, 0.1) is 40.2 Å². The topological polar surface area (TPSA) is 71.1 Å². The summed E-state index contributed by atoms with van der Waals surface area (Å²) in [6.07, 6.45) is 46.3. The summed E-state index contributed by atoms with van der Waals surface area (Å²) in [4.78, 5) is 24.2. The monoisotopic (exact) mass is 814 g/mol. The van der Waals surface area contributed by atoms with Crippen molar-refractivity contribution < 1.29 is 45.4 Å². The van der Waals surface area contributed by atoms with E-state index in [4.69, 9.17) is 18.9 Å². The molecule has 0 fully saturated rings. The molecule has 0 spiro atoms. The predicted molar refractivity (Wildman–Crippen MR) is 234 cm³/mol. The zero-order valence-corrected chi connectivity index (χ0v) is 38.2. The van der Waals surface area contributed by atoms with Crippen molar-refractivity contribution in [2.24, 2.45) is 0 Å². The fourth-order valence-electron chi connectivity index (χ4n) is 6.49. The van der Waals surface area contributed by atoms with Gasteiger partial charge < -0.3 is 35.8 Å². The maximum atomic E-state index is 12.1. The number of likely N-dealkylation sites (N-methyl/N-ethyl adjacent to an activating group) is 1. The summed E-state index contributed by atoms with van der Waals surface area (Å²) in [6.45, 7) is 8.82. The molecule has 0 aromatic carbocycles. The van der Waals surface area contributed by atoms with Crippen molar-refractivity contribution in [1.29, 1.82) is 0 Å². The zero-order chi connectivity index (χ0) is 40.2. The number of quaternary nitrogens is 1. The number of unbranched alkanes of at least 4 members (excludes halogenated alkanes) is 24. The van der Waals surface area contributed by atoms with Crippen LogP contribution in [0.1, 0.15) is 206 Å². The minimum atomic E-state index is -0.218. The Kier molecular flexibility index (Phi) is 46.8. The Morgan fingerprint density at radius 3 is 1.00 bits per heavy atom. The highest BCUT2D eigenvalue weighted by Gasteiger charge is 2.17. The SMILES string of the molecule is CCCCCCCC/C=C\CCCCCCCCOCCC(=O)OCC[N+](C)(C)CCOC(=O)CCOCCCCCCCC/C=C\CCCCCCCC.[Cl-]. The Labute approximate surface area is 353 Å². The van der Waals surface area contributed by atoms with Crippen LogP contribution in [0.2, 0.25) is 0 Å². The molecule has 0 amide bonds. The van der Waals surface area contributed by atoms with Gasteiger partial charge in [-0.3, -0.25) is 9.59 Å². The maximum absolute atomic E-state index is 12.1. The molecule has 0 aromatic rings. The normalized spacial score (nSPS) is 11.8. The first-order chi connectivity index (χ1) is 26.9.